The summed E-state index contributed by atoms with van der Waals surface area (Å²) in [5.41, 5.74) is 2.46. The molecule has 0 aliphatic heterocycles. The first-order valence-electron chi connectivity index (χ1n) is 8.73. The van der Waals surface area contributed by atoms with Crippen molar-refractivity contribution < 1.29 is 13.2 Å². The number of aromatic nitrogens is 1. The second-order valence-corrected chi connectivity index (χ2v) is 8.56. The number of nitrogens with one attached hydrogen (secondary N) is 1. The van der Waals surface area contributed by atoms with Gasteiger partial charge in [0.2, 0.25) is 0 Å². The Hall–Kier alpha value is -2.51. The summed E-state index contributed by atoms with van der Waals surface area (Å²) in [5.74, 6) is 0.695. The molecular formula is C20H25N3O3S. The first-order valence-corrected chi connectivity index (χ1v) is 10.2. The molecule has 2 aromatic carbocycles. The van der Waals surface area contributed by atoms with E-state index >= 15 is 0 Å². The number of fused-ring (bicyclic) bond motifs is 1. The van der Waals surface area contributed by atoms with Crippen molar-refractivity contribution >= 4 is 26.6 Å². The van der Waals surface area contributed by atoms with Gasteiger partial charge in [-0.15, -0.1) is 0 Å². The predicted molar refractivity (Wildman–Crippen MR) is 109 cm³/mol. The number of hydrogen-bond donors (Lipinski definition) is 1. The lowest BCUT2D eigenvalue weighted by molar-refractivity contribution is 0.415. The van der Waals surface area contributed by atoms with Gasteiger partial charge in [0.25, 0.3) is 10.0 Å². The van der Waals surface area contributed by atoms with E-state index in [0.29, 0.717) is 11.3 Å². The van der Waals surface area contributed by atoms with Crippen molar-refractivity contribution in [3.63, 3.8) is 0 Å². The number of aryl methyl sites for hydroxylation is 1. The van der Waals surface area contributed by atoms with Crippen LogP contribution in [0.15, 0.2) is 53.6 Å². The zero-order chi connectivity index (χ0) is 19.6. The van der Waals surface area contributed by atoms with E-state index in [2.05, 4.69) is 10.2 Å². The maximum absolute atomic E-state index is 13.2. The maximum Gasteiger partial charge on any atom is 0.268 e. The topological polar surface area (TPSA) is 63.6 Å². The van der Waals surface area contributed by atoms with Crippen LogP contribution in [0.3, 0.4) is 0 Å². The van der Waals surface area contributed by atoms with E-state index in [1.807, 2.05) is 33.2 Å². The molecule has 0 bridgehead atoms. The SMILES string of the molecule is COc1ccc2c(ccn2S(=O)(=O)c2ccc(C)c(NCCN(C)C)c2)c1. The molecule has 1 N–H and O–H groups in total. The number of methoxy groups -OCH3 is 1. The van der Waals surface area contributed by atoms with E-state index < -0.39 is 10.0 Å². The lowest BCUT2D eigenvalue weighted by Crippen LogP contribution is -2.21. The van der Waals surface area contributed by atoms with Crippen molar-refractivity contribution in [3.05, 3.63) is 54.2 Å². The molecule has 0 unspecified atom stereocenters. The van der Waals surface area contributed by atoms with Crippen LogP contribution >= 0.6 is 0 Å². The number of ether oxygens (including phenoxy) is 1. The van der Waals surface area contributed by atoms with Crippen molar-refractivity contribution in [3.8, 4) is 5.75 Å². The number of rotatable bonds is 7. The van der Waals surface area contributed by atoms with E-state index in [9.17, 15) is 8.42 Å². The Balaban J connectivity index is 1.97. The first-order chi connectivity index (χ1) is 12.8. The average Bonchev–Trinajstić information content (AvgIpc) is 3.06. The molecule has 7 heteroatoms. The van der Waals surface area contributed by atoms with E-state index in [1.54, 1.807) is 43.6 Å². The van der Waals surface area contributed by atoms with Crippen molar-refractivity contribution in [2.75, 3.05) is 39.6 Å². The minimum absolute atomic E-state index is 0.258. The predicted octanol–water partition coefficient (Wildman–Crippen LogP) is 3.17. The van der Waals surface area contributed by atoms with Crippen LogP contribution in [0.4, 0.5) is 5.69 Å². The van der Waals surface area contributed by atoms with Gasteiger partial charge in [0.1, 0.15) is 5.75 Å². The molecule has 3 rings (SSSR count). The van der Waals surface area contributed by atoms with Gasteiger partial charge in [-0.2, -0.15) is 0 Å². The highest BCUT2D eigenvalue weighted by atomic mass is 32.2. The third kappa shape index (κ3) is 3.94. The summed E-state index contributed by atoms with van der Waals surface area (Å²) >= 11 is 0. The molecule has 0 atom stereocenters. The van der Waals surface area contributed by atoms with Gasteiger partial charge in [-0.25, -0.2) is 12.4 Å². The number of likely N-dealkylation sites (N-methyl/N-ethyl adjacent to an activating group) is 1. The van der Waals surface area contributed by atoms with Crippen molar-refractivity contribution in [1.29, 1.82) is 0 Å². The molecule has 1 aromatic heterocycles. The molecule has 0 spiro atoms. The molecule has 0 saturated carbocycles. The Kier molecular flexibility index (Phi) is 5.43. The van der Waals surface area contributed by atoms with E-state index in [4.69, 9.17) is 4.74 Å². The summed E-state index contributed by atoms with van der Waals surface area (Å²) in [6.45, 7) is 3.57. The standard InChI is InChI=1S/C20H25N3O3S/c1-15-5-7-18(14-19(15)21-10-12-22(2)3)27(24,25)23-11-9-16-13-17(26-4)6-8-20(16)23/h5-9,11,13-14,21H,10,12H2,1-4H3. The molecule has 1 heterocycles. The Morgan fingerprint density at radius 3 is 2.59 bits per heavy atom. The molecule has 3 aromatic rings. The van der Waals surface area contributed by atoms with E-state index in [1.165, 1.54) is 3.97 Å². The molecule has 0 aliphatic carbocycles. The van der Waals surface area contributed by atoms with Gasteiger partial charge < -0.3 is 15.0 Å². The van der Waals surface area contributed by atoms with Gasteiger partial charge >= 0.3 is 0 Å². The summed E-state index contributed by atoms with van der Waals surface area (Å²) < 4.78 is 32.9. The fraction of sp³-hybridized carbons (Fsp3) is 0.300. The van der Waals surface area contributed by atoms with Crippen molar-refractivity contribution in [1.82, 2.24) is 8.87 Å². The molecule has 0 aliphatic rings. The Labute approximate surface area is 160 Å². The summed E-state index contributed by atoms with van der Waals surface area (Å²) in [6.07, 6.45) is 1.58. The maximum atomic E-state index is 13.2. The second kappa shape index (κ2) is 7.62. The number of nitrogens with zero attached hydrogens (tertiary/aromatic N) is 2. The number of anilines is 1. The van der Waals surface area contributed by atoms with Crippen LogP contribution in [-0.2, 0) is 10.0 Å². The third-order valence-electron chi connectivity index (χ3n) is 4.50. The van der Waals surface area contributed by atoms with E-state index in [0.717, 1.165) is 29.7 Å². The smallest absolute Gasteiger partial charge is 0.268 e. The lowest BCUT2D eigenvalue weighted by atomic mass is 10.2. The fourth-order valence-electron chi connectivity index (χ4n) is 2.91. The van der Waals surface area contributed by atoms with Gasteiger partial charge in [-0.1, -0.05) is 6.07 Å². The third-order valence-corrected chi connectivity index (χ3v) is 6.19. The summed E-state index contributed by atoms with van der Waals surface area (Å²) in [6, 6.07) is 12.3. The Bertz CT molecular complexity index is 1060. The van der Waals surface area contributed by atoms with Crippen LogP contribution in [0.25, 0.3) is 10.9 Å². The molecule has 0 fully saturated rings. The second-order valence-electron chi connectivity index (χ2n) is 6.75. The van der Waals surface area contributed by atoms with Crippen LogP contribution in [0.5, 0.6) is 5.75 Å². The molecule has 0 saturated heterocycles. The Morgan fingerprint density at radius 1 is 1.11 bits per heavy atom. The fourth-order valence-corrected chi connectivity index (χ4v) is 4.29. The normalized spacial score (nSPS) is 11.9. The average molecular weight is 388 g/mol. The first kappa shape index (κ1) is 19.3. The van der Waals surface area contributed by atoms with Gasteiger partial charge in [0.15, 0.2) is 0 Å². The Morgan fingerprint density at radius 2 is 1.89 bits per heavy atom. The summed E-state index contributed by atoms with van der Waals surface area (Å²) in [5, 5.41) is 4.14. The highest BCUT2D eigenvalue weighted by Gasteiger charge is 2.20. The highest BCUT2D eigenvalue weighted by Crippen LogP contribution is 2.27. The molecular weight excluding hydrogens is 362 g/mol. The van der Waals surface area contributed by atoms with Crippen molar-refractivity contribution in [2.45, 2.75) is 11.8 Å². The summed E-state index contributed by atoms with van der Waals surface area (Å²) in [4.78, 5) is 2.33. The van der Waals surface area contributed by atoms with Crippen LogP contribution in [0.2, 0.25) is 0 Å². The van der Waals surface area contributed by atoms with Crippen molar-refractivity contribution in [2.24, 2.45) is 0 Å². The number of benzene rings is 2. The van der Waals surface area contributed by atoms with Gasteiger partial charge in [-0.05, 0) is 63.0 Å². The lowest BCUT2D eigenvalue weighted by Gasteiger charge is -2.15. The van der Waals surface area contributed by atoms with Crippen LogP contribution in [0, 0.1) is 6.92 Å². The van der Waals surface area contributed by atoms with E-state index in [-0.39, 0.29) is 4.90 Å². The molecule has 144 valence electrons. The van der Waals surface area contributed by atoms with Crippen LogP contribution < -0.4 is 10.1 Å². The highest BCUT2D eigenvalue weighted by molar-refractivity contribution is 7.90. The minimum Gasteiger partial charge on any atom is -0.497 e. The molecule has 6 nitrogen and oxygen atoms in total. The quantitative estimate of drug-likeness (QED) is 0.675. The minimum atomic E-state index is -3.70. The molecule has 0 radical (unpaired) electrons. The monoisotopic (exact) mass is 387 g/mol. The molecule has 0 amide bonds. The van der Waals surface area contributed by atoms with Crippen LogP contribution in [-0.4, -0.2) is 51.6 Å². The van der Waals surface area contributed by atoms with Gasteiger partial charge in [0.05, 0.1) is 17.5 Å². The van der Waals surface area contributed by atoms with Crippen LogP contribution in [0.1, 0.15) is 5.56 Å². The van der Waals surface area contributed by atoms with Gasteiger partial charge in [0, 0.05) is 30.4 Å². The summed E-state index contributed by atoms with van der Waals surface area (Å²) in [7, 11) is 1.90. The molecule has 27 heavy (non-hydrogen) atoms. The largest absolute Gasteiger partial charge is 0.497 e. The zero-order valence-electron chi connectivity index (χ0n) is 16.1. The van der Waals surface area contributed by atoms with Gasteiger partial charge in [-0.3, -0.25) is 0 Å². The number of hydrogen-bond acceptors (Lipinski definition) is 5. The zero-order valence-corrected chi connectivity index (χ0v) is 16.9.